The van der Waals surface area contributed by atoms with Crippen LogP contribution in [0.25, 0.3) is 6.08 Å². The molecule has 0 aliphatic rings. The third-order valence-electron chi connectivity index (χ3n) is 2.23. The highest BCUT2D eigenvalue weighted by atomic mass is 16.5. The van der Waals surface area contributed by atoms with Crippen molar-refractivity contribution in [3.05, 3.63) is 35.4 Å². The van der Waals surface area contributed by atoms with Gasteiger partial charge < -0.3 is 9.94 Å². The number of hydrogen-bond acceptors (Lipinski definition) is 3. The zero-order valence-corrected chi connectivity index (χ0v) is 9.19. The Labute approximate surface area is 89.7 Å². The van der Waals surface area contributed by atoms with Gasteiger partial charge in [-0.2, -0.15) is 0 Å². The molecule has 0 bridgehead atoms. The molecule has 0 heterocycles. The summed E-state index contributed by atoms with van der Waals surface area (Å²) in [5, 5.41) is 11.8. The fourth-order valence-corrected chi connectivity index (χ4v) is 1.20. The number of ether oxygens (including phenoxy) is 1. The van der Waals surface area contributed by atoms with Crippen LogP contribution in [0.2, 0.25) is 0 Å². The minimum absolute atomic E-state index is 0.598. The largest absolute Gasteiger partial charge is 0.496 e. The van der Waals surface area contributed by atoms with Gasteiger partial charge in [-0.15, -0.1) is 0 Å². The summed E-state index contributed by atoms with van der Waals surface area (Å²) in [6.45, 7) is 3.64. The van der Waals surface area contributed by atoms with Gasteiger partial charge in [0.25, 0.3) is 0 Å². The Morgan fingerprint density at radius 3 is 2.60 bits per heavy atom. The number of rotatable bonds is 3. The van der Waals surface area contributed by atoms with Gasteiger partial charge in [-0.3, -0.25) is 0 Å². The Hall–Kier alpha value is -1.77. The second-order valence-electron chi connectivity index (χ2n) is 3.25. The Kier molecular flexibility index (Phi) is 3.92. The summed E-state index contributed by atoms with van der Waals surface area (Å²) >= 11 is 0. The SMILES string of the molecule is COc1ccccc1/C=C(C)\C(C)=N\O. The average Bonchev–Trinajstić information content (AvgIpc) is 2.28. The summed E-state index contributed by atoms with van der Waals surface area (Å²) in [7, 11) is 1.63. The Morgan fingerprint density at radius 2 is 2.00 bits per heavy atom. The first-order valence-electron chi connectivity index (χ1n) is 4.69. The highest BCUT2D eigenvalue weighted by Gasteiger charge is 2.00. The summed E-state index contributed by atoms with van der Waals surface area (Å²) in [5.74, 6) is 0.808. The molecule has 0 radical (unpaired) electrons. The topological polar surface area (TPSA) is 41.8 Å². The van der Waals surface area contributed by atoms with Crippen LogP contribution in [0.4, 0.5) is 0 Å². The van der Waals surface area contributed by atoms with E-state index >= 15 is 0 Å². The molecule has 15 heavy (non-hydrogen) atoms. The zero-order valence-electron chi connectivity index (χ0n) is 9.19. The number of allylic oxidation sites excluding steroid dienone is 1. The van der Waals surface area contributed by atoms with Crippen LogP contribution in [-0.4, -0.2) is 18.0 Å². The summed E-state index contributed by atoms with van der Waals surface area (Å²) in [5.41, 5.74) is 2.48. The van der Waals surface area contributed by atoms with Crippen molar-refractivity contribution >= 4 is 11.8 Å². The molecule has 0 aliphatic carbocycles. The van der Waals surface area contributed by atoms with Crippen LogP contribution >= 0.6 is 0 Å². The van der Waals surface area contributed by atoms with Crippen LogP contribution < -0.4 is 4.74 Å². The Bertz CT molecular complexity index is 394. The predicted molar refractivity (Wildman–Crippen MR) is 61.5 cm³/mol. The molecule has 0 aromatic heterocycles. The van der Waals surface area contributed by atoms with E-state index in [1.165, 1.54) is 0 Å². The molecule has 0 atom stereocenters. The van der Waals surface area contributed by atoms with Crippen molar-refractivity contribution in [3.8, 4) is 5.75 Å². The molecule has 1 aromatic carbocycles. The van der Waals surface area contributed by atoms with Crippen LogP contribution in [0.5, 0.6) is 5.75 Å². The van der Waals surface area contributed by atoms with Crippen molar-refractivity contribution < 1.29 is 9.94 Å². The summed E-state index contributed by atoms with van der Waals surface area (Å²) in [4.78, 5) is 0. The van der Waals surface area contributed by atoms with Gasteiger partial charge in [-0.05, 0) is 31.6 Å². The molecule has 0 amide bonds. The number of nitrogens with zero attached hydrogens (tertiary/aromatic N) is 1. The Balaban J connectivity index is 3.07. The molecule has 1 aromatic rings. The van der Waals surface area contributed by atoms with Crippen LogP contribution in [0.15, 0.2) is 35.0 Å². The van der Waals surface area contributed by atoms with Gasteiger partial charge in [-0.1, -0.05) is 23.4 Å². The minimum atomic E-state index is 0.598. The first-order chi connectivity index (χ1) is 7.19. The lowest BCUT2D eigenvalue weighted by Gasteiger charge is -2.05. The van der Waals surface area contributed by atoms with Gasteiger partial charge >= 0.3 is 0 Å². The van der Waals surface area contributed by atoms with Crippen molar-refractivity contribution in [2.24, 2.45) is 5.16 Å². The molecule has 80 valence electrons. The lowest BCUT2D eigenvalue weighted by atomic mass is 10.1. The standard InChI is InChI=1S/C12H15NO2/c1-9(10(2)13-14)8-11-6-4-5-7-12(11)15-3/h4-8,14H,1-3H3/b9-8-,13-10+. The monoisotopic (exact) mass is 205 g/mol. The molecule has 1 rings (SSSR count). The quantitative estimate of drug-likeness (QED) is 0.468. The third-order valence-corrected chi connectivity index (χ3v) is 2.23. The van der Waals surface area contributed by atoms with Crippen molar-refractivity contribution in [2.75, 3.05) is 7.11 Å². The second kappa shape index (κ2) is 5.20. The number of hydrogen-bond donors (Lipinski definition) is 1. The van der Waals surface area contributed by atoms with Crippen LogP contribution in [0.1, 0.15) is 19.4 Å². The van der Waals surface area contributed by atoms with Crippen molar-refractivity contribution in [1.29, 1.82) is 0 Å². The normalized spacial score (nSPS) is 12.7. The molecule has 0 saturated carbocycles. The van der Waals surface area contributed by atoms with Gasteiger partial charge in [0.15, 0.2) is 0 Å². The molecule has 0 saturated heterocycles. The third kappa shape index (κ3) is 2.84. The minimum Gasteiger partial charge on any atom is -0.496 e. The number of oxime groups is 1. The van der Waals surface area contributed by atoms with Crippen LogP contribution in [0.3, 0.4) is 0 Å². The van der Waals surface area contributed by atoms with E-state index < -0.39 is 0 Å². The fourth-order valence-electron chi connectivity index (χ4n) is 1.20. The highest BCUT2D eigenvalue weighted by Crippen LogP contribution is 2.20. The summed E-state index contributed by atoms with van der Waals surface area (Å²) in [6, 6.07) is 7.70. The molecule has 0 unspecified atom stereocenters. The van der Waals surface area contributed by atoms with Crippen molar-refractivity contribution in [1.82, 2.24) is 0 Å². The first kappa shape index (κ1) is 11.3. The van der Waals surface area contributed by atoms with E-state index in [2.05, 4.69) is 5.16 Å². The summed E-state index contributed by atoms with van der Waals surface area (Å²) < 4.78 is 5.21. The average molecular weight is 205 g/mol. The fraction of sp³-hybridized carbons (Fsp3) is 0.250. The molecule has 1 N–H and O–H groups in total. The zero-order chi connectivity index (χ0) is 11.3. The highest BCUT2D eigenvalue weighted by molar-refractivity contribution is 6.01. The van der Waals surface area contributed by atoms with Gasteiger partial charge in [0.1, 0.15) is 5.75 Å². The van der Waals surface area contributed by atoms with Crippen LogP contribution in [-0.2, 0) is 0 Å². The molecular formula is C12H15NO2. The van der Waals surface area contributed by atoms with E-state index in [9.17, 15) is 0 Å². The van der Waals surface area contributed by atoms with E-state index in [1.54, 1.807) is 14.0 Å². The van der Waals surface area contributed by atoms with E-state index in [0.29, 0.717) is 5.71 Å². The maximum atomic E-state index is 8.63. The van der Waals surface area contributed by atoms with E-state index in [0.717, 1.165) is 16.9 Å². The Morgan fingerprint density at radius 1 is 1.33 bits per heavy atom. The number of para-hydroxylation sites is 1. The van der Waals surface area contributed by atoms with Gasteiger partial charge in [0.05, 0.1) is 12.8 Å². The lowest BCUT2D eigenvalue weighted by molar-refractivity contribution is 0.319. The second-order valence-corrected chi connectivity index (χ2v) is 3.25. The van der Waals surface area contributed by atoms with Crippen LogP contribution in [0, 0.1) is 0 Å². The molecule has 0 aliphatic heterocycles. The van der Waals surface area contributed by atoms with E-state index in [-0.39, 0.29) is 0 Å². The maximum absolute atomic E-state index is 8.63. The molecule has 3 nitrogen and oxygen atoms in total. The van der Waals surface area contributed by atoms with Gasteiger partial charge in [0.2, 0.25) is 0 Å². The van der Waals surface area contributed by atoms with E-state index in [1.807, 2.05) is 37.3 Å². The van der Waals surface area contributed by atoms with Gasteiger partial charge in [0, 0.05) is 5.56 Å². The first-order valence-corrected chi connectivity index (χ1v) is 4.69. The summed E-state index contributed by atoms with van der Waals surface area (Å²) in [6.07, 6.45) is 1.92. The molecule has 0 fully saturated rings. The molecule has 3 heteroatoms. The van der Waals surface area contributed by atoms with Gasteiger partial charge in [-0.25, -0.2) is 0 Å². The molecular weight excluding hydrogens is 190 g/mol. The smallest absolute Gasteiger partial charge is 0.126 e. The predicted octanol–water partition coefficient (Wildman–Crippen LogP) is 2.95. The number of benzene rings is 1. The van der Waals surface area contributed by atoms with Crippen molar-refractivity contribution in [2.45, 2.75) is 13.8 Å². The van der Waals surface area contributed by atoms with E-state index in [4.69, 9.17) is 9.94 Å². The maximum Gasteiger partial charge on any atom is 0.126 e. The van der Waals surface area contributed by atoms with Crippen molar-refractivity contribution in [3.63, 3.8) is 0 Å². The molecule has 0 spiro atoms. The number of methoxy groups -OCH3 is 1. The lowest BCUT2D eigenvalue weighted by Crippen LogP contribution is -1.93.